The average Bonchev–Trinajstić information content (AvgIpc) is 3.45. The van der Waals surface area contributed by atoms with Gasteiger partial charge >= 0.3 is 0 Å². The second kappa shape index (κ2) is 8.83. The molecule has 0 aliphatic carbocycles. The number of aliphatic hydroxyl groups is 1. The number of amides is 1. The van der Waals surface area contributed by atoms with E-state index in [0.29, 0.717) is 40.0 Å². The number of nitrogens with zero attached hydrogens (tertiary/aromatic N) is 1. The van der Waals surface area contributed by atoms with E-state index in [1.54, 1.807) is 49.6 Å². The van der Waals surface area contributed by atoms with Crippen molar-refractivity contribution < 1.29 is 28.9 Å². The molecule has 1 saturated heterocycles. The maximum atomic E-state index is 13.4. The summed E-state index contributed by atoms with van der Waals surface area (Å²) in [7, 11) is 1.55. The highest BCUT2D eigenvalue weighted by Crippen LogP contribution is 2.45. The Balaban J connectivity index is 1.67. The van der Waals surface area contributed by atoms with Gasteiger partial charge in [0.15, 0.2) is 11.5 Å². The number of fused-ring (bicyclic) bond motifs is 1. The second-order valence-electron chi connectivity index (χ2n) is 8.76. The molecule has 2 aliphatic heterocycles. The summed E-state index contributed by atoms with van der Waals surface area (Å²) in [5, 5.41) is 11.3. The molecule has 7 heteroatoms. The number of anilines is 1. The number of carbonyl (C=O) groups is 2. The smallest absolute Gasteiger partial charge is 0.300 e. The number of hydrogen-bond donors (Lipinski definition) is 1. The van der Waals surface area contributed by atoms with E-state index in [0.717, 1.165) is 5.56 Å². The molecule has 2 heterocycles. The predicted molar refractivity (Wildman–Crippen MR) is 131 cm³/mol. The normalized spacial score (nSPS) is 18.4. The van der Waals surface area contributed by atoms with Crippen molar-refractivity contribution in [3.8, 4) is 17.2 Å². The molecule has 1 unspecified atom stereocenters. The van der Waals surface area contributed by atoms with Crippen LogP contribution in [-0.2, 0) is 9.59 Å². The third-order valence-corrected chi connectivity index (χ3v) is 6.36. The molecule has 178 valence electrons. The first-order valence-electron chi connectivity index (χ1n) is 11.3. The van der Waals surface area contributed by atoms with Crippen LogP contribution in [0.4, 0.5) is 5.69 Å². The van der Waals surface area contributed by atoms with Crippen molar-refractivity contribution in [2.24, 2.45) is 0 Å². The largest absolute Gasteiger partial charge is 0.507 e. The SMILES string of the molecule is COc1ccc(/C(O)=C2\C(=O)C(=O)N(c3ccc4c(c3)OCO4)C2c2ccc(C(C)C)cc2)cc1. The van der Waals surface area contributed by atoms with Gasteiger partial charge in [-0.05, 0) is 53.4 Å². The molecule has 3 aromatic carbocycles. The topological polar surface area (TPSA) is 85.3 Å². The maximum absolute atomic E-state index is 13.4. The van der Waals surface area contributed by atoms with Gasteiger partial charge in [-0.3, -0.25) is 14.5 Å². The number of benzene rings is 3. The fourth-order valence-electron chi connectivity index (χ4n) is 4.42. The number of rotatable bonds is 5. The van der Waals surface area contributed by atoms with E-state index in [4.69, 9.17) is 14.2 Å². The standard InChI is InChI=1S/C28H25NO6/c1-16(2)17-4-6-18(7-5-17)25-24(26(30)19-8-11-21(33-3)12-9-19)27(31)28(32)29(25)20-10-13-22-23(14-20)35-15-34-22/h4-14,16,25,30H,15H2,1-3H3/b26-24+. The lowest BCUT2D eigenvalue weighted by Crippen LogP contribution is -2.29. The van der Waals surface area contributed by atoms with Gasteiger partial charge in [0.2, 0.25) is 6.79 Å². The van der Waals surface area contributed by atoms with Crippen LogP contribution in [0.1, 0.15) is 42.5 Å². The van der Waals surface area contributed by atoms with E-state index in [1.165, 1.54) is 4.90 Å². The Labute approximate surface area is 203 Å². The van der Waals surface area contributed by atoms with Crippen LogP contribution in [0.15, 0.2) is 72.3 Å². The molecular weight excluding hydrogens is 446 g/mol. The third-order valence-electron chi connectivity index (χ3n) is 6.36. The van der Waals surface area contributed by atoms with Crippen molar-refractivity contribution in [2.75, 3.05) is 18.8 Å². The molecule has 0 spiro atoms. The molecule has 0 radical (unpaired) electrons. The van der Waals surface area contributed by atoms with Crippen molar-refractivity contribution in [1.29, 1.82) is 0 Å². The summed E-state index contributed by atoms with van der Waals surface area (Å²) < 4.78 is 16.1. The lowest BCUT2D eigenvalue weighted by molar-refractivity contribution is -0.132. The van der Waals surface area contributed by atoms with Crippen molar-refractivity contribution in [3.63, 3.8) is 0 Å². The van der Waals surface area contributed by atoms with Gasteiger partial charge in [0.05, 0.1) is 18.7 Å². The van der Waals surface area contributed by atoms with E-state index in [-0.39, 0.29) is 18.1 Å². The highest BCUT2D eigenvalue weighted by molar-refractivity contribution is 6.51. The van der Waals surface area contributed by atoms with Crippen LogP contribution in [0, 0.1) is 0 Å². The lowest BCUT2D eigenvalue weighted by Gasteiger charge is -2.26. The van der Waals surface area contributed by atoms with Crippen molar-refractivity contribution in [2.45, 2.75) is 25.8 Å². The number of ether oxygens (including phenoxy) is 3. The van der Waals surface area contributed by atoms with Gasteiger partial charge in [-0.15, -0.1) is 0 Å². The molecule has 1 N–H and O–H groups in total. The van der Waals surface area contributed by atoms with Crippen molar-refractivity contribution in [1.82, 2.24) is 0 Å². The van der Waals surface area contributed by atoms with Gasteiger partial charge < -0.3 is 19.3 Å². The van der Waals surface area contributed by atoms with Crippen LogP contribution in [0.2, 0.25) is 0 Å². The number of ketones is 1. The average molecular weight is 472 g/mol. The van der Waals surface area contributed by atoms with Gasteiger partial charge in [0.1, 0.15) is 11.5 Å². The highest BCUT2D eigenvalue weighted by atomic mass is 16.7. The molecule has 1 fully saturated rings. The minimum Gasteiger partial charge on any atom is -0.507 e. The Bertz CT molecular complexity index is 1320. The Morgan fingerprint density at radius 2 is 1.66 bits per heavy atom. The quantitative estimate of drug-likeness (QED) is 0.314. The van der Waals surface area contributed by atoms with Crippen LogP contribution < -0.4 is 19.1 Å². The van der Waals surface area contributed by atoms with Crippen LogP contribution in [0.3, 0.4) is 0 Å². The Morgan fingerprint density at radius 3 is 2.31 bits per heavy atom. The zero-order chi connectivity index (χ0) is 24.7. The minimum atomic E-state index is -0.821. The van der Waals surface area contributed by atoms with Gasteiger partial charge in [0.25, 0.3) is 11.7 Å². The summed E-state index contributed by atoms with van der Waals surface area (Å²) in [6.07, 6.45) is 0. The molecule has 3 aromatic rings. The summed E-state index contributed by atoms with van der Waals surface area (Å²) in [6.45, 7) is 4.28. The number of methoxy groups -OCH3 is 1. The Kier molecular flexibility index (Phi) is 5.68. The van der Waals surface area contributed by atoms with Crippen molar-refractivity contribution in [3.05, 3.63) is 89.0 Å². The minimum absolute atomic E-state index is 0.0233. The Morgan fingerprint density at radius 1 is 0.971 bits per heavy atom. The zero-order valence-electron chi connectivity index (χ0n) is 19.6. The molecule has 7 nitrogen and oxygen atoms in total. The van der Waals surface area contributed by atoms with Crippen LogP contribution in [0.25, 0.3) is 5.76 Å². The summed E-state index contributed by atoms with van der Waals surface area (Å²) in [5.41, 5.74) is 2.75. The van der Waals surface area contributed by atoms with E-state index >= 15 is 0 Å². The molecule has 0 saturated carbocycles. The molecule has 2 aliphatic rings. The first kappa shape index (κ1) is 22.5. The first-order chi connectivity index (χ1) is 16.9. The third kappa shape index (κ3) is 3.89. The first-order valence-corrected chi connectivity index (χ1v) is 11.3. The maximum Gasteiger partial charge on any atom is 0.300 e. The van der Waals surface area contributed by atoms with Crippen LogP contribution in [-0.4, -0.2) is 30.7 Å². The summed E-state index contributed by atoms with van der Waals surface area (Å²) in [6, 6.07) is 18.7. The number of carbonyl (C=O) groups excluding carboxylic acids is 2. The summed E-state index contributed by atoms with van der Waals surface area (Å²) in [5.74, 6) is 0.277. The zero-order valence-corrected chi connectivity index (χ0v) is 19.6. The molecule has 5 rings (SSSR count). The highest BCUT2D eigenvalue weighted by Gasteiger charge is 2.47. The number of Topliss-reactive ketones (excluding diaryl/α,β-unsaturated/α-hetero) is 1. The molecule has 35 heavy (non-hydrogen) atoms. The summed E-state index contributed by atoms with van der Waals surface area (Å²) in [4.78, 5) is 28.1. The second-order valence-corrected chi connectivity index (χ2v) is 8.76. The molecule has 1 amide bonds. The van der Waals surface area contributed by atoms with Gasteiger partial charge in [-0.2, -0.15) is 0 Å². The lowest BCUT2D eigenvalue weighted by atomic mass is 9.93. The van der Waals surface area contributed by atoms with E-state index < -0.39 is 17.7 Å². The number of hydrogen-bond acceptors (Lipinski definition) is 6. The fraction of sp³-hybridized carbons (Fsp3) is 0.214. The monoisotopic (exact) mass is 471 g/mol. The van der Waals surface area contributed by atoms with Gasteiger partial charge in [0, 0.05) is 17.3 Å². The molecule has 0 bridgehead atoms. The van der Waals surface area contributed by atoms with Gasteiger partial charge in [-0.1, -0.05) is 38.1 Å². The van der Waals surface area contributed by atoms with Crippen LogP contribution in [0.5, 0.6) is 17.2 Å². The number of aliphatic hydroxyl groups excluding tert-OH is 1. The molecule has 0 aromatic heterocycles. The van der Waals surface area contributed by atoms with Crippen molar-refractivity contribution >= 4 is 23.1 Å². The fourth-order valence-corrected chi connectivity index (χ4v) is 4.42. The van der Waals surface area contributed by atoms with Crippen LogP contribution >= 0.6 is 0 Å². The van der Waals surface area contributed by atoms with E-state index in [1.807, 2.05) is 24.3 Å². The summed E-state index contributed by atoms with van der Waals surface area (Å²) >= 11 is 0. The Hall–Kier alpha value is -4.26. The molecular formula is C28H25NO6. The predicted octanol–water partition coefficient (Wildman–Crippen LogP) is 5.17. The van der Waals surface area contributed by atoms with E-state index in [2.05, 4.69) is 13.8 Å². The molecule has 1 atom stereocenters. The van der Waals surface area contributed by atoms with E-state index in [9.17, 15) is 14.7 Å². The van der Waals surface area contributed by atoms with Gasteiger partial charge in [-0.25, -0.2) is 0 Å².